The monoisotopic (exact) mass is 267 g/mol. The molecule has 1 heterocycles. The molecule has 0 aliphatic heterocycles. The molecule has 0 bridgehead atoms. The molecule has 0 atom stereocenters. The van der Waals surface area contributed by atoms with Gasteiger partial charge in [0.25, 0.3) is 11.4 Å². The second-order valence-corrected chi connectivity index (χ2v) is 3.77. The van der Waals surface area contributed by atoms with Crippen LogP contribution in [0.15, 0.2) is 29.3 Å². The summed E-state index contributed by atoms with van der Waals surface area (Å²) in [4.78, 5) is 17.7. The molecule has 7 heteroatoms. The number of hydrogen-bond acceptors (Lipinski definition) is 5. The minimum absolute atomic E-state index is 0.0220. The summed E-state index contributed by atoms with van der Waals surface area (Å²) in [7, 11) is 1.35. The molecule has 2 rings (SSSR count). The number of H-pyrrole nitrogens is 1. The number of nitrogens with zero attached hydrogens (tertiary/aromatic N) is 1. The van der Waals surface area contributed by atoms with Crippen LogP contribution >= 0.6 is 11.6 Å². The number of hydrogen-bond donors (Lipinski definition) is 2. The van der Waals surface area contributed by atoms with Crippen LogP contribution in [-0.4, -0.2) is 17.1 Å². The number of ether oxygens (including phenoxy) is 2. The zero-order valence-corrected chi connectivity index (χ0v) is 10.2. The lowest BCUT2D eigenvalue weighted by Gasteiger charge is -2.09. The molecule has 0 unspecified atom stereocenters. The van der Waals surface area contributed by atoms with Crippen molar-refractivity contribution in [3.63, 3.8) is 0 Å². The van der Waals surface area contributed by atoms with Crippen molar-refractivity contribution >= 4 is 17.3 Å². The van der Waals surface area contributed by atoms with E-state index in [-0.39, 0.29) is 11.6 Å². The zero-order valence-electron chi connectivity index (χ0n) is 9.44. The Balaban J connectivity index is 2.43. The van der Waals surface area contributed by atoms with E-state index in [1.54, 1.807) is 12.1 Å². The van der Waals surface area contributed by atoms with Crippen molar-refractivity contribution in [2.45, 2.75) is 0 Å². The van der Waals surface area contributed by atoms with Crippen LogP contribution in [0.5, 0.6) is 17.4 Å². The largest absolute Gasteiger partial charge is 0.487 e. The topological polar surface area (TPSA) is 90.2 Å². The van der Waals surface area contributed by atoms with Crippen molar-refractivity contribution in [1.29, 1.82) is 0 Å². The van der Waals surface area contributed by atoms with E-state index in [1.807, 2.05) is 0 Å². The van der Waals surface area contributed by atoms with Crippen molar-refractivity contribution < 1.29 is 9.47 Å². The standard InChI is InChI=1S/C11H10ClN3O3/c1-17-9-10(16)14-5-15-11(9)18-8-4-6(13)2-3-7(8)12/h2-5H,13H2,1H3,(H,14,15,16). The lowest BCUT2D eigenvalue weighted by Crippen LogP contribution is -2.11. The van der Waals surface area contributed by atoms with E-state index in [9.17, 15) is 4.79 Å². The Morgan fingerprint density at radius 3 is 2.94 bits per heavy atom. The van der Waals surface area contributed by atoms with E-state index in [4.69, 9.17) is 26.8 Å². The summed E-state index contributed by atoms with van der Waals surface area (Å²) in [6, 6.07) is 4.76. The van der Waals surface area contributed by atoms with E-state index in [0.717, 1.165) is 0 Å². The van der Waals surface area contributed by atoms with E-state index in [0.29, 0.717) is 16.5 Å². The van der Waals surface area contributed by atoms with Gasteiger partial charge in [0.15, 0.2) is 0 Å². The Morgan fingerprint density at radius 2 is 2.22 bits per heavy atom. The second-order valence-electron chi connectivity index (χ2n) is 3.36. The van der Waals surface area contributed by atoms with E-state index < -0.39 is 5.56 Å². The molecule has 0 radical (unpaired) electrons. The Kier molecular flexibility index (Phi) is 3.38. The number of nitrogen functional groups attached to an aromatic ring is 1. The third-order valence-corrected chi connectivity index (χ3v) is 2.46. The highest BCUT2D eigenvalue weighted by molar-refractivity contribution is 6.32. The molecule has 6 nitrogen and oxygen atoms in total. The zero-order chi connectivity index (χ0) is 13.1. The molecular weight excluding hydrogens is 258 g/mol. The fraction of sp³-hybridized carbons (Fsp3) is 0.0909. The quantitative estimate of drug-likeness (QED) is 0.828. The van der Waals surface area contributed by atoms with Crippen molar-refractivity contribution in [3.05, 3.63) is 39.9 Å². The van der Waals surface area contributed by atoms with E-state index in [1.165, 1.54) is 19.5 Å². The maximum atomic E-state index is 11.5. The van der Waals surface area contributed by atoms with Gasteiger partial charge < -0.3 is 20.2 Å². The molecule has 1 aromatic heterocycles. The van der Waals surface area contributed by atoms with Gasteiger partial charge in [-0.2, -0.15) is 0 Å². The molecule has 0 amide bonds. The van der Waals surface area contributed by atoms with Crippen molar-refractivity contribution in [2.75, 3.05) is 12.8 Å². The summed E-state index contributed by atoms with van der Waals surface area (Å²) in [6.07, 6.45) is 1.21. The summed E-state index contributed by atoms with van der Waals surface area (Å²) in [5, 5.41) is 0.355. The molecule has 0 aliphatic rings. The molecule has 18 heavy (non-hydrogen) atoms. The van der Waals surface area contributed by atoms with Crippen LogP contribution in [0.2, 0.25) is 5.02 Å². The normalized spacial score (nSPS) is 10.1. The third-order valence-electron chi connectivity index (χ3n) is 2.14. The fourth-order valence-corrected chi connectivity index (χ4v) is 1.48. The highest BCUT2D eigenvalue weighted by atomic mass is 35.5. The molecule has 0 spiro atoms. The average molecular weight is 268 g/mol. The molecule has 0 saturated heterocycles. The number of rotatable bonds is 3. The average Bonchev–Trinajstić information content (AvgIpc) is 2.34. The Labute approximate surface area is 107 Å². The minimum atomic E-state index is -0.442. The Hall–Kier alpha value is -2.21. The first-order valence-corrected chi connectivity index (χ1v) is 5.34. The highest BCUT2D eigenvalue weighted by Crippen LogP contribution is 2.32. The predicted molar refractivity (Wildman–Crippen MR) is 67.3 cm³/mol. The lowest BCUT2D eigenvalue weighted by molar-refractivity contribution is 0.363. The first-order valence-electron chi connectivity index (χ1n) is 4.96. The molecule has 0 aliphatic carbocycles. The van der Waals surface area contributed by atoms with Gasteiger partial charge in [-0.15, -0.1) is 0 Å². The lowest BCUT2D eigenvalue weighted by atomic mass is 10.3. The van der Waals surface area contributed by atoms with Crippen LogP contribution in [-0.2, 0) is 0 Å². The van der Waals surface area contributed by atoms with Gasteiger partial charge in [-0.3, -0.25) is 4.79 Å². The van der Waals surface area contributed by atoms with Gasteiger partial charge in [0, 0.05) is 11.8 Å². The van der Waals surface area contributed by atoms with Gasteiger partial charge in [0.2, 0.25) is 5.75 Å². The number of methoxy groups -OCH3 is 1. The first kappa shape index (κ1) is 12.3. The van der Waals surface area contributed by atoms with Crippen molar-refractivity contribution in [1.82, 2.24) is 9.97 Å². The maximum Gasteiger partial charge on any atom is 0.297 e. The Morgan fingerprint density at radius 1 is 1.44 bits per heavy atom. The number of anilines is 1. The summed E-state index contributed by atoms with van der Waals surface area (Å²) in [5.74, 6) is 0.290. The van der Waals surface area contributed by atoms with Crippen LogP contribution in [0, 0.1) is 0 Å². The molecule has 0 fully saturated rings. The molecule has 2 aromatic rings. The fourth-order valence-electron chi connectivity index (χ4n) is 1.33. The van der Waals surface area contributed by atoms with Crippen molar-refractivity contribution in [3.8, 4) is 17.4 Å². The van der Waals surface area contributed by atoms with Gasteiger partial charge >= 0.3 is 0 Å². The number of halogens is 1. The molecule has 0 saturated carbocycles. The molecule has 94 valence electrons. The van der Waals surface area contributed by atoms with Crippen LogP contribution in [0.3, 0.4) is 0 Å². The predicted octanol–water partition coefficient (Wildman–Crippen LogP) is 1.81. The first-order chi connectivity index (χ1) is 8.61. The number of nitrogens with two attached hydrogens (primary N) is 1. The van der Waals surface area contributed by atoms with Crippen molar-refractivity contribution in [2.24, 2.45) is 0 Å². The summed E-state index contributed by atoms with van der Waals surface area (Å²) < 4.78 is 10.3. The van der Waals surface area contributed by atoms with Gasteiger partial charge in [0.05, 0.1) is 18.5 Å². The second kappa shape index (κ2) is 4.97. The maximum absolute atomic E-state index is 11.5. The summed E-state index contributed by atoms with van der Waals surface area (Å²) in [6.45, 7) is 0. The van der Waals surface area contributed by atoms with Gasteiger partial charge in [-0.05, 0) is 12.1 Å². The van der Waals surface area contributed by atoms with Gasteiger partial charge in [-0.1, -0.05) is 11.6 Å². The van der Waals surface area contributed by atoms with E-state index >= 15 is 0 Å². The third kappa shape index (κ3) is 2.38. The van der Waals surface area contributed by atoms with Crippen LogP contribution in [0.1, 0.15) is 0 Å². The Bertz CT molecular complexity index is 627. The number of aromatic nitrogens is 2. The van der Waals surface area contributed by atoms with Gasteiger partial charge in [-0.25, -0.2) is 4.98 Å². The highest BCUT2D eigenvalue weighted by Gasteiger charge is 2.13. The van der Waals surface area contributed by atoms with Crippen LogP contribution < -0.4 is 20.8 Å². The molecular formula is C11H10ClN3O3. The van der Waals surface area contributed by atoms with Crippen LogP contribution in [0.4, 0.5) is 5.69 Å². The molecule has 3 N–H and O–H groups in total. The number of nitrogens with one attached hydrogen (secondary N) is 1. The molecule has 1 aromatic carbocycles. The number of benzene rings is 1. The van der Waals surface area contributed by atoms with Gasteiger partial charge in [0.1, 0.15) is 5.75 Å². The summed E-state index contributed by atoms with van der Waals surface area (Å²) >= 11 is 5.95. The van der Waals surface area contributed by atoms with Crippen LogP contribution in [0.25, 0.3) is 0 Å². The SMILES string of the molecule is COc1c(Oc2cc(N)ccc2Cl)nc[nH]c1=O. The summed E-state index contributed by atoms with van der Waals surface area (Å²) in [5.41, 5.74) is 5.67. The minimum Gasteiger partial charge on any atom is -0.487 e. The van der Waals surface area contributed by atoms with E-state index in [2.05, 4.69) is 9.97 Å². The number of aromatic amines is 1. The smallest absolute Gasteiger partial charge is 0.297 e.